The molecule has 0 unspecified atom stereocenters. The van der Waals surface area contributed by atoms with Gasteiger partial charge in [0.05, 0.1) is 13.7 Å². The van der Waals surface area contributed by atoms with Gasteiger partial charge in [-0.25, -0.2) is 4.79 Å². The molecular weight excluding hydrogens is 208 g/mol. The third kappa shape index (κ3) is 2.10. The topological polar surface area (TPSA) is 55.8 Å². The Hall–Kier alpha value is -1.71. The third-order valence-corrected chi connectivity index (χ3v) is 2.40. The molecule has 0 atom stereocenters. The molecule has 0 spiro atoms. The lowest BCUT2D eigenvalue weighted by atomic mass is 10.0. The maximum atomic E-state index is 11.6. The summed E-state index contributed by atoms with van der Waals surface area (Å²) in [6.07, 6.45) is 0. The van der Waals surface area contributed by atoms with Crippen LogP contribution < -0.4 is 4.74 Å². The summed E-state index contributed by atoms with van der Waals surface area (Å²) in [4.78, 5) is 11.6. The number of rotatable bonds is 3. The molecule has 0 aliphatic rings. The maximum absolute atomic E-state index is 11.6. The molecule has 1 rings (SSSR count). The van der Waals surface area contributed by atoms with Crippen LogP contribution >= 0.6 is 0 Å². The summed E-state index contributed by atoms with van der Waals surface area (Å²) in [5, 5.41) is 9.91. The predicted octanol–water partition coefficient (Wildman–Crippen LogP) is 2.19. The van der Waals surface area contributed by atoms with Crippen molar-refractivity contribution in [1.29, 1.82) is 0 Å². The van der Waals surface area contributed by atoms with Crippen LogP contribution in [-0.2, 0) is 4.74 Å². The second kappa shape index (κ2) is 4.88. The van der Waals surface area contributed by atoms with Crippen LogP contribution in [0.1, 0.15) is 28.4 Å². The molecule has 88 valence electrons. The van der Waals surface area contributed by atoms with Gasteiger partial charge in [0.1, 0.15) is 17.1 Å². The first-order valence-electron chi connectivity index (χ1n) is 5.07. The van der Waals surface area contributed by atoms with Gasteiger partial charge in [-0.3, -0.25) is 0 Å². The van der Waals surface area contributed by atoms with E-state index in [1.807, 2.05) is 0 Å². The first-order valence-corrected chi connectivity index (χ1v) is 5.07. The summed E-state index contributed by atoms with van der Waals surface area (Å²) in [6.45, 7) is 5.42. The molecule has 0 radical (unpaired) electrons. The Balaban J connectivity index is 3.30. The molecule has 0 saturated heterocycles. The number of aromatic hydroxyl groups is 1. The molecule has 16 heavy (non-hydrogen) atoms. The average molecular weight is 224 g/mol. The molecule has 1 N–H and O–H groups in total. The zero-order valence-electron chi connectivity index (χ0n) is 9.96. The number of hydrogen-bond donors (Lipinski definition) is 1. The summed E-state index contributed by atoms with van der Waals surface area (Å²) in [5.41, 5.74) is 1.38. The van der Waals surface area contributed by atoms with E-state index in [9.17, 15) is 9.90 Å². The number of phenols is 1. The van der Waals surface area contributed by atoms with E-state index in [0.717, 1.165) is 0 Å². The van der Waals surface area contributed by atoms with Crippen LogP contribution in [-0.4, -0.2) is 24.8 Å². The highest BCUT2D eigenvalue weighted by Gasteiger charge is 2.20. The number of hydrogen-bond acceptors (Lipinski definition) is 4. The summed E-state index contributed by atoms with van der Waals surface area (Å²) in [5.74, 6) is -0.0263. The Morgan fingerprint density at radius 3 is 2.56 bits per heavy atom. The van der Waals surface area contributed by atoms with E-state index in [-0.39, 0.29) is 17.9 Å². The summed E-state index contributed by atoms with van der Waals surface area (Å²) < 4.78 is 9.97. The Kier molecular flexibility index (Phi) is 3.77. The number of esters is 1. The Morgan fingerprint density at radius 1 is 1.44 bits per heavy atom. The van der Waals surface area contributed by atoms with Gasteiger partial charge >= 0.3 is 5.97 Å². The van der Waals surface area contributed by atoms with Crippen molar-refractivity contribution in [2.75, 3.05) is 13.7 Å². The fraction of sp³-hybridized carbons (Fsp3) is 0.417. The van der Waals surface area contributed by atoms with Gasteiger partial charge < -0.3 is 14.6 Å². The molecule has 0 aliphatic heterocycles. The van der Waals surface area contributed by atoms with E-state index in [2.05, 4.69) is 0 Å². The number of methoxy groups -OCH3 is 1. The van der Waals surface area contributed by atoms with Gasteiger partial charge in [-0.05, 0) is 32.4 Å². The molecule has 0 saturated carbocycles. The quantitative estimate of drug-likeness (QED) is 0.799. The van der Waals surface area contributed by atoms with Crippen molar-refractivity contribution in [1.82, 2.24) is 0 Å². The van der Waals surface area contributed by atoms with Crippen LogP contribution in [0.2, 0.25) is 0 Å². The van der Waals surface area contributed by atoms with Gasteiger partial charge in [-0.1, -0.05) is 0 Å². The van der Waals surface area contributed by atoms with E-state index < -0.39 is 5.97 Å². The second-order valence-electron chi connectivity index (χ2n) is 3.46. The Bertz CT molecular complexity index is 410. The highest BCUT2D eigenvalue weighted by atomic mass is 16.5. The molecule has 4 nitrogen and oxygen atoms in total. The predicted molar refractivity (Wildman–Crippen MR) is 60.1 cm³/mol. The molecule has 0 fully saturated rings. The van der Waals surface area contributed by atoms with Crippen LogP contribution in [0, 0.1) is 13.8 Å². The molecule has 0 heterocycles. The van der Waals surface area contributed by atoms with Gasteiger partial charge in [0.15, 0.2) is 0 Å². The normalized spacial score (nSPS) is 10.0. The highest BCUT2D eigenvalue weighted by Crippen LogP contribution is 2.33. The SMILES string of the molecule is CCOC(=O)c1c(C)cc(OC)c(C)c1O. The number of benzene rings is 1. The van der Waals surface area contributed by atoms with Crippen molar-refractivity contribution in [3.63, 3.8) is 0 Å². The van der Waals surface area contributed by atoms with Crippen molar-refractivity contribution in [2.24, 2.45) is 0 Å². The van der Waals surface area contributed by atoms with Gasteiger partial charge in [0.25, 0.3) is 0 Å². The molecule has 1 aromatic rings. The van der Waals surface area contributed by atoms with E-state index in [1.54, 1.807) is 26.8 Å². The van der Waals surface area contributed by atoms with E-state index in [1.165, 1.54) is 7.11 Å². The van der Waals surface area contributed by atoms with Crippen LogP contribution in [0.4, 0.5) is 0 Å². The van der Waals surface area contributed by atoms with Crippen LogP contribution in [0.5, 0.6) is 11.5 Å². The minimum absolute atomic E-state index is 0.0738. The summed E-state index contributed by atoms with van der Waals surface area (Å²) in [6, 6.07) is 1.71. The van der Waals surface area contributed by atoms with Crippen molar-refractivity contribution in [3.05, 3.63) is 22.8 Å². The minimum Gasteiger partial charge on any atom is -0.507 e. The van der Waals surface area contributed by atoms with Crippen molar-refractivity contribution >= 4 is 5.97 Å². The number of carbonyl (C=O) groups is 1. The van der Waals surface area contributed by atoms with Crippen molar-refractivity contribution in [2.45, 2.75) is 20.8 Å². The zero-order chi connectivity index (χ0) is 12.3. The van der Waals surface area contributed by atoms with Gasteiger partial charge in [-0.15, -0.1) is 0 Å². The standard InChI is InChI=1S/C12H16O4/c1-5-16-12(14)10-7(2)6-9(15-4)8(3)11(10)13/h6,13H,5H2,1-4H3. The molecule has 1 aromatic carbocycles. The smallest absolute Gasteiger partial charge is 0.342 e. The Labute approximate surface area is 94.8 Å². The average Bonchev–Trinajstić information content (AvgIpc) is 2.24. The van der Waals surface area contributed by atoms with Crippen LogP contribution in [0.25, 0.3) is 0 Å². The molecule has 4 heteroatoms. The number of carbonyl (C=O) groups excluding carboxylic acids is 1. The van der Waals surface area contributed by atoms with Crippen LogP contribution in [0.15, 0.2) is 6.07 Å². The van der Waals surface area contributed by atoms with E-state index >= 15 is 0 Å². The van der Waals surface area contributed by atoms with Gasteiger partial charge in [0.2, 0.25) is 0 Å². The summed E-state index contributed by atoms with van der Waals surface area (Å²) in [7, 11) is 1.52. The molecule has 0 bridgehead atoms. The number of ether oxygens (including phenoxy) is 2. The maximum Gasteiger partial charge on any atom is 0.342 e. The first-order chi connectivity index (χ1) is 7.52. The highest BCUT2D eigenvalue weighted by molar-refractivity contribution is 5.95. The molecule has 0 aliphatic carbocycles. The molecular formula is C12H16O4. The number of phenolic OH excluding ortho intramolecular Hbond substituents is 1. The van der Waals surface area contributed by atoms with Gasteiger partial charge in [-0.2, -0.15) is 0 Å². The lowest BCUT2D eigenvalue weighted by Crippen LogP contribution is -2.08. The monoisotopic (exact) mass is 224 g/mol. The fourth-order valence-corrected chi connectivity index (χ4v) is 1.54. The van der Waals surface area contributed by atoms with Crippen LogP contribution in [0.3, 0.4) is 0 Å². The first kappa shape index (κ1) is 12.4. The lowest BCUT2D eigenvalue weighted by Gasteiger charge is -2.13. The van der Waals surface area contributed by atoms with Gasteiger partial charge in [0, 0.05) is 5.56 Å². The fourth-order valence-electron chi connectivity index (χ4n) is 1.54. The second-order valence-corrected chi connectivity index (χ2v) is 3.46. The lowest BCUT2D eigenvalue weighted by molar-refractivity contribution is 0.0522. The van der Waals surface area contributed by atoms with E-state index in [0.29, 0.717) is 16.9 Å². The van der Waals surface area contributed by atoms with E-state index in [4.69, 9.17) is 9.47 Å². The molecule has 0 amide bonds. The number of aryl methyl sites for hydroxylation is 1. The zero-order valence-corrected chi connectivity index (χ0v) is 9.96. The van der Waals surface area contributed by atoms with Crippen molar-refractivity contribution in [3.8, 4) is 11.5 Å². The molecule has 0 aromatic heterocycles. The van der Waals surface area contributed by atoms with Crippen molar-refractivity contribution < 1.29 is 19.4 Å². The third-order valence-electron chi connectivity index (χ3n) is 2.40. The Morgan fingerprint density at radius 2 is 2.06 bits per heavy atom. The largest absolute Gasteiger partial charge is 0.507 e. The minimum atomic E-state index is -0.511. The summed E-state index contributed by atoms with van der Waals surface area (Å²) >= 11 is 0.